The molecular formula is C14H27NO. The molecule has 0 bridgehead atoms. The fourth-order valence-corrected chi connectivity index (χ4v) is 2.92. The van der Waals surface area contributed by atoms with Crippen LogP contribution in [0, 0.1) is 22.7 Å². The highest BCUT2D eigenvalue weighted by atomic mass is 16.1. The summed E-state index contributed by atoms with van der Waals surface area (Å²) in [5.74, 6) is 0.870. The van der Waals surface area contributed by atoms with Crippen molar-refractivity contribution in [3.8, 4) is 0 Å². The standard InChI is InChI=1S/C14H27NO/c1-13(2,3)10-8-7-9-15-12(16)11(10)14(4,5)6/h10-11H,7-9H2,1-6H3,(H,15,16). The molecule has 1 amide bonds. The van der Waals surface area contributed by atoms with Crippen LogP contribution in [0.1, 0.15) is 54.4 Å². The van der Waals surface area contributed by atoms with Crippen molar-refractivity contribution < 1.29 is 4.79 Å². The molecule has 94 valence electrons. The molecule has 0 spiro atoms. The van der Waals surface area contributed by atoms with Gasteiger partial charge in [-0.15, -0.1) is 0 Å². The van der Waals surface area contributed by atoms with Crippen molar-refractivity contribution in [2.75, 3.05) is 6.54 Å². The highest BCUT2D eigenvalue weighted by Gasteiger charge is 2.43. The van der Waals surface area contributed by atoms with Crippen LogP contribution in [0.15, 0.2) is 0 Å². The molecule has 0 aromatic heterocycles. The molecule has 1 aliphatic rings. The van der Waals surface area contributed by atoms with Crippen molar-refractivity contribution in [1.82, 2.24) is 5.32 Å². The molecule has 0 radical (unpaired) electrons. The molecule has 1 N–H and O–H groups in total. The fourth-order valence-electron chi connectivity index (χ4n) is 2.92. The Morgan fingerprint density at radius 2 is 1.62 bits per heavy atom. The Morgan fingerprint density at radius 3 is 2.06 bits per heavy atom. The lowest BCUT2D eigenvalue weighted by molar-refractivity contribution is -0.132. The summed E-state index contributed by atoms with van der Waals surface area (Å²) in [5.41, 5.74) is 0.256. The van der Waals surface area contributed by atoms with E-state index in [9.17, 15) is 4.79 Å². The summed E-state index contributed by atoms with van der Waals surface area (Å²) in [5, 5.41) is 3.06. The third-order valence-corrected chi connectivity index (χ3v) is 3.72. The van der Waals surface area contributed by atoms with Crippen LogP contribution in [0.5, 0.6) is 0 Å². The number of hydrogen-bond donors (Lipinski definition) is 1. The second kappa shape index (κ2) is 4.38. The van der Waals surface area contributed by atoms with Gasteiger partial charge in [0.25, 0.3) is 0 Å². The molecule has 2 nitrogen and oxygen atoms in total. The van der Waals surface area contributed by atoms with Crippen LogP contribution in [0.25, 0.3) is 0 Å². The summed E-state index contributed by atoms with van der Waals surface area (Å²) in [6, 6.07) is 0. The average molecular weight is 225 g/mol. The van der Waals surface area contributed by atoms with Gasteiger partial charge >= 0.3 is 0 Å². The molecule has 2 unspecified atom stereocenters. The van der Waals surface area contributed by atoms with E-state index in [-0.39, 0.29) is 22.7 Å². The molecule has 0 saturated carbocycles. The molecule has 0 aromatic rings. The van der Waals surface area contributed by atoms with Gasteiger partial charge in [-0.3, -0.25) is 4.79 Å². The van der Waals surface area contributed by atoms with E-state index < -0.39 is 0 Å². The zero-order chi connectivity index (χ0) is 12.6. The Balaban J connectivity index is 3.05. The minimum Gasteiger partial charge on any atom is -0.356 e. The van der Waals surface area contributed by atoms with E-state index in [1.54, 1.807) is 0 Å². The smallest absolute Gasteiger partial charge is 0.223 e. The van der Waals surface area contributed by atoms with Crippen LogP contribution >= 0.6 is 0 Å². The van der Waals surface area contributed by atoms with Crippen molar-refractivity contribution in [1.29, 1.82) is 0 Å². The van der Waals surface area contributed by atoms with Crippen LogP contribution in [-0.4, -0.2) is 12.5 Å². The summed E-state index contributed by atoms with van der Waals surface area (Å²) in [4.78, 5) is 12.2. The Hall–Kier alpha value is -0.530. The molecule has 1 heterocycles. The quantitative estimate of drug-likeness (QED) is 0.674. The molecule has 0 aromatic carbocycles. The monoisotopic (exact) mass is 225 g/mol. The molecule has 1 aliphatic heterocycles. The minimum atomic E-state index is 0.0480. The normalized spacial score (nSPS) is 28.5. The Morgan fingerprint density at radius 1 is 1.06 bits per heavy atom. The van der Waals surface area contributed by atoms with Gasteiger partial charge in [0.15, 0.2) is 0 Å². The van der Waals surface area contributed by atoms with Gasteiger partial charge in [0.2, 0.25) is 5.91 Å². The van der Waals surface area contributed by atoms with Gasteiger partial charge in [-0.25, -0.2) is 0 Å². The van der Waals surface area contributed by atoms with Crippen LogP contribution in [0.2, 0.25) is 0 Å². The Kier molecular flexibility index (Phi) is 3.71. The second-order valence-electron chi connectivity index (χ2n) is 7.25. The van der Waals surface area contributed by atoms with Gasteiger partial charge in [-0.05, 0) is 29.6 Å². The Labute approximate surface area is 100 Å². The molecule has 16 heavy (non-hydrogen) atoms. The highest BCUT2D eigenvalue weighted by Crippen LogP contribution is 2.44. The van der Waals surface area contributed by atoms with Gasteiger partial charge in [0, 0.05) is 12.5 Å². The Bertz CT molecular complexity index is 257. The molecule has 1 fully saturated rings. The zero-order valence-electron chi connectivity index (χ0n) is 11.7. The first-order valence-corrected chi connectivity index (χ1v) is 6.42. The topological polar surface area (TPSA) is 29.1 Å². The van der Waals surface area contributed by atoms with E-state index in [0.717, 1.165) is 19.4 Å². The molecular weight excluding hydrogens is 198 g/mol. The van der Waals surface area contributed by atoms with Crippen LogP contribution < -0.4 is 5.32 Å². The molecule has 1 saturated heterocycles. The van der Waals surface area contributed by atoms with Gasteiger partial charge in [-0.2, -0.15) is 0 Å². The van der Waals surface area contributed by atoms with E-state index in [1.165, 1.54) is 0 Å². The summed E-state index contributed by atoms with van der Waals surface area (Å²) in [7, 11) is 0. The van der Waals surface area contributed by atoms with E-state index in [1.807, 2.05) is 0 Å². The zero-order valence-corrected chi connectivity index (χ0v) is 11.7. The number of nitrogens with one attached hydrogen (secondary N) is 1. The van der Waals surface area contributed by atoms with E-state index in [4.69, 9.17) is 0 Å². The average Bonchev–Trinajstić information content (AvgIpc) is 2.23. The van der Waals surface area contributed by atoms with Crippen LogP contribution in [0.4, 0.5) is 0 Å². The van der Waals surface area contributed by atoms with Crippen molar-refractivity contribution in [2.45, 2.75) is 54.4 Å². The predicted octanol–water partition coefficient (Wildman–Crippen LogP) is 3.22. The van der Waals surface area contributed by atoms with Gasteiger partial charge in [0.1, 0.15) is 0 Å². The summed E-state index contributed by atoms with van der Waals surface area (Å²) in [6.07, 6.45) is 2.27. The number of hydrogen-bond acceptors (Lipinski definition) is 1. The first kappa shape index (κ1) is 13.5. The lowest BCUT2D eigenvalue weighted by Gasteiger charge is -2.41. The first-order valence-electron chi connectivity index (χ1n) is 6.42. The third kappa shape index (κ3) is 2.99. The fraction of sp³-hybridized carbons (Fsp3) is 0.929. The van der Waals surface area contributed by atoms with Gasteiger partial charge < -0.3 is 5.32 Å². The molecule has 2 heteroatoms. The molecule has 2 atom stereocenters. The summed E-state index contributed by atoms with van der Waals surface area (Å²) < 4.78 is 0. The SMILES string of the molecule is CC(C)(C)C1CCCNC(=O)C1C(C)(C)C. The van der Waals surface area contributed by atoms with Gasteiger partial charge in [-0.1, -0.05) is 41.5 Å². The minimum absolute atomic E-state index is 0.0480. The largest absolute Gasteiger partial charge is 0.356 e. The second-order valence-corrected chi connectivity index (χ2v) is 7.25. The number of carbonyl (C=O) groups is 1. The predicted molar refractivity (Wildman–Crippen MR) is 68.1 cm³/mol. The van der Waals surface area contributed by atoms with Crippen molar-refractivity contribution >= 4 is 5.91 Å². The third-order valence-electron chi connectivity index (χ3n) is 3.72. The maximum Gasteiger partial charge on any atom is 0.223 e. The van der Waals surface area contributed by atoms with E-state index >= 15 is 0 Å². The van der Waals surface area contributed by atoms with E-state index in [2.05, 4.69) is 46.9 Å². The number of rotatable bonds is 0. The maximum atomic E-state index is 12.2. The maximum absolute atomic E-state index is 12.2. The van der Waals surface area contributed by atoms with Crippen molar-refractivity contribution in [3.05, 3.63) is 0 Å². The lowest BCUT2D eigenvalue weighted by Crippen LogP contribution is -2.44. The van der Waals surface area contributed by atoms with Crippen molar-refractivity contribution in [3.63, 3.8) is 0 Å². The van der Waals surface area contributed by atoms with Gasteiger partial charge in [0.05, 0.1) is 0 Å². The van der Waals surface area contributed by atoms with Crippen molar-refractivity contribution in [2.24, 2.45) is 22.7 Å². The van der Waals surface area contributed by atoms with E-state index in [0.29, 0.717) is 5.92 Å². The lowest BCUT2D eigenvalue weighted by atomic mass is 9.63. The number of amides is 1. The summed E-state index contributed by atoms with van der Waals surface area (Å²) >= 11 is 0. The summed E-state index contributed by atoms with van der Waals surface area (Å²) in [6.45, 7) is 14.2. The first-order chi connectivity index (χ1) is 7.14. The van der Waals surface area contributed by atoms with Crippen LogP contribution in [0.3, 0.4) is 0 Å². The number of carbonyl (C=O) groups excluding carboxylic acids is 1. The molecule has 0 aliphatic carbocycles. The van der Waals surface area contributed by atoms with Crippen LogP contribution in [-0.2, 0) is 4.79 Å². The highest BCUT2D eigenvalue weighted by molar-refractivity contribution is 5.80. The molecule has 1 rings (SSSR count).